The molecule has 1 unspecified atom stereocenters. The van der Waals surface area contributed by atoms with Crippen LogP contribution in [-0.2, 0) is 6.54 Å². The Labute approximate surface area is 122 Å². The van der Waals surface area contributed by atoms with Crippen LogP contribution in [0.3, 0.4) is 0 Å². The van der Waals surface area contributed by atoms with Crippen LogP contribution in [0.15, 0.2) is 18.2 Å². The Morgan fingerprint density at radius 2 is 2.25 bits per heavy atom. The van der Waals surface area contributed by atoms with Crippen molar-refractivity contribution in [2.75, 3.05) is 38.7 Å². The van der Waals surface area contributed by atoms with Gasteiger partial charge in [0, 0.05) is 37.9 Å². The molecule has 112 valence electrons. The number of rotatable bonds is 6. The van der Waals surface area contributed by atoms with E-state index >= 15 is 0 Å². The Morgan fingerprint density at radius 1 is 1.45 bits per heavy atom. The Balaban J connectivity index is 2.13. The van der Waals surface area contributed by atoms with Gasteiger partial charge in [0.2, 0.25) is 0 Å². The van der Waals surface area contributed by atoms with Crippen LogP contribution in [0.2, 0.25) is 0 Å². The summed E-state index contributed by atoms with van der Waals surface area (Å²) in [6.45, 7) is 6.23. The molecule has 1 heterocycles. The minimum Gasteiger partial charge on any atom is -0.497 e. The topological polar surface area (TPSA) is 41.7 Å². The van der Waals surface area contributed by atoms with Crippen LogP contribution >= 0.6 is 0 Å². The molecular weight excluding hydrogens is 250 g/mol. The number of hydrogen-bond acceptors (Lipinski definition) is 4. The van der Waals surface area contributed by atoms with Gasteiger partial charge >= 0.3 is 0 Å². The van der Waals surface area contributed by atoms with E-state index < -0.39 is 0 Å². The molecule has 0 amide bonds. The largest absolute Gasteiger partial charge is 0.497 e. The Kier molecular flexibility index (Phi) is 5.26. The minimum absolute atomic E-state index is 0.561. The summed E-state index contributed by atoms with van der Waals surface area (Å²) in [5.74, 6) is 0.891. The van der Waals surface area contributed by atoms with Crippen molar-refractivity contribution >= 4 is 5.69 Å². The molecule has 1 aromatic rings. The quantitative estimate of drug-likeness (QED) is 0.864. The van der Waals surface area contributed by atoms with Crippen LogP contribution in [-0.4, -0.2) is 44.7 Å². The molecule has 0 spiro atoms. The zero-order chi connectivity index (χ0) is 14.5. The number of nitrogens with zero attached hydrogens (tertiary/aromatic N) is 2. The number of nitrogens with two attached hydrogens (primary N) is 1. The van der Waals surface area contributed by atoms with Crippen molar-refractivity contribution in [3.8, 4) is 5.75 Å². The molecule has 0 bridgehead atoms. The van der Waals surface area contributed by atoms with Crippen molar-refractivity contribution in [3.05, 3.63) is 23.8 Å². The molecule has 2 rings (SSSR count). The standard InChI is InChI=1S/C16H27N3O/c1-4-19-9-5-6-14(19)12-18(2)16-10-15(20-3)8-7-13(16)11-17/h7-8,10,14H,4-6,9,11-12,17H2,1-3H3. The van der Waals surface area contributed by atoms with E-state index in [0.717, 1.165) is 18.8 Å². The molecule has 0 aliphatic carbocycles. The maximum absolute atomic E-state index is 5.86. The summed E-state index contributed by atoms with van der Waals surface area (Å²) in [5, 5.41) is 0. The molecule has 1 fully saturated rings. The normalized spacial score (nSPS) is 19.3. The van der Waals surface area contributed by atoms with Crippen molar-refractivity contribution < 1.29 is 4.74 Å². The maximum Gasteiger partial charge on any atom is 0.120 e. The molecule has 1 atom stereocenters. The fraction of sp³-hybridized carbons (Fsp3) is 0.625. The lowest BCUT2D eigenvalue weighted by Gasteiger charge is -2.30. The smallest absolute Gasteiger partial charge is 0.120 e. The summed E-state index contributed by atoms with van der Waals surface area (Å²) in [6.07, 6.45) is 2.61. The third-order valence-corrected chi connectivity index (χ3v) is 4.31. The van der Waals surface area contributed by atoms with Gasteiger partial charge in [-0.2, -0.15) is 0 Å². The fourth-order valence-electron chi connectivity index (χ4n) is 3.13. The van der Waals surface area contributed by atoms with E-state index in [0.29, 0.717) is 12.6 Å². The molecule has 4 heteroatoms. The van der Waals surface area contributed by atoms with E-state index in [4.69, 9.17) is 10.5 Å². The van der Waals surface area contributed by atoms with Crippen molar-refractivity contribution in [2.24, 2.45) is 5.73 Å². The second-order valence-corrected chi connectivity index (χ2v) is 5.50. The molecule has 4 nitrogen and oxygen atoms in total. The lowest BCUT2D eigenvalue weighted by Crippen LogP contribution is -2.39. The highest BCUT2D eigenvalue weighted by molar-refractivity contribution is 5.57. The second kappa shape index (κ2) is 6.95. The molecule has 1 aliphatic rings. The predicted octanol–water partition coefficient (Wildman–Crippen LogP) is 2.07. The van der Waals surface area contributed by atoms with Gasteiger partial charge in [0.25, 0.3) is 0 Å². The molecular formula is C16H27N3O. The molecule has 1 aliphatic heterocycles. The molecule has 0 aromatic heterocycles. The summed E-state index contributed by atoms with van der Waals surface area (Å²) in [7, 11) is 3.86. The summed E-state index contributed by atoms with van der Waals surface area (Å²) < 4.78 is 5.34. The number of likely N-dealkylation sites (tertiary alicyclic amines) is 1. The predicted molar refractivity (Wildman–Crippen MR) is 84.4 cm³/mol. The van der Waals surface area contributed by atoms with E-state index in [1.165, 1.54) is 30.6 Å². The van der Waals surface area contributed by atoms with Crippen molar-refractivity contribution in [2.45, 2.75) is 32.4 Å². The zero-order valence-corrected chi connectivity index (χ0v) is 12.9. The van der Waals surface area contributed by atoms with E-state index in [-0.39, 0.29) is 0 Å². The van der Waals surface area contributed by atoms with Crippen molar-refractivity contribution in [1.82, 2.24) is 4.90 Å². The first kappa shape index (κ1) is 15.1. The minimum atomic E-state index is 0.561. The molecule has 1 aromatic carbocycles. The summed E-state index contributed by atoms with van der Waals surface area (Å²) in [4.78, 5) is 4.89. The van der Waals surface area contributed by atoms with E-state index in [1.54, 1.807) is 7.11 Å². The SMILES string of the molecule is CCN1CCCC1CN(C)c1cc(OC)ccc1CN. The molecule has 20 heavy (non-hydrogen) atoms. The highest BCUT2D eigenvalue weighted by Gasteiger charge is 2.24. The van der Waals surface area contributed by atoms with Gasteiger partial charge in [-0.05, 0) is 37.6 Å². The first-order chi connectivity index (χ1) is 9.69. The average molecular weight is 277 g/mol. The number of hydrogen-bond donors (Lipinski definition) is 1. The highest BCUT2D eigenvalue weighted by Crippen LogP contribution is 2.27. The third-order valence-electron chi connectivity index (χ3n) is 4.31. The fourth-order valence-corrected chi connectivity index (χ4v) is 3.13. The van der Waals surface area contributed by atoms with E-state index in [1.807, 2.05) is 6.07 Å². The zero-order valence-electron chi connectivity index (χ0n) is 12.9. The molecule has 1 saturated heterocycles. The summed E-state index contributed by atoms with van der Waals surface area (Å²) in [6, 6.07) is 6.79. The van der Waals surface area contributed by atoms with Crippen LogP contribution < -0.4 is 15.4 Å². The maximum atomic E-state index is 5.86. The Bertz CT molecular complexity index is 436. The molecule has 0 saturated carbocycles. The number of benzene rings is 1. The van der Waals surface area contributed by atoms with Gasteiger partial charge in [-0.25, -0.2) is 0 Å². The van der Waals surface area contributed by atoms with Crippen LogP contribution in [0.5, 0.6) is 5.75 Å². The second-order valence-electron chi connectivity index (χ2n) is 5.50. The van der Waals surface area contributed by atoms with Gasteiger partial charge in [0.05, 0.1) is 7.11 Å². The number of likely N-dealkylation sites (N-methyl/N-ethyl adjacent to an activating group) is 2. The molecule has 2 N–H and O–H groups in total. The van der Waals surface area contributed by atoms with Gasteiger partial charge in [-0.1, -0.05) is 13.0 Å². The number of methoxy groups -OCH3 is 1. The summed E-state index contributed by atoms with van der Waals surface area (Å²) in [5.41, 5.74) is 8.23. The van der Waals surface area contributed by atoms with Gasteiger partial charge in [-0.15, -0.1) is 0 Å². The van der Waals surface area contributed by atoms with Gasteiger partial charge in [0.15, 0.2) is 0 Å². The number of anilines is 1. The average Bonchev–Trinajstić information content (AvgIpc) is 2.93. The van der Waals surface area contributed by atoms with Gasteiger partial charge in [-0.3, -0.25) is 4.90 Å². The van der Waals surface area contributed by atoms with Crippen LogP contribution in [0, 0.1) is 0 Å². The van der Waals surface area contributed by atoms with Gasteiger partial charge in [0.1, 0.15) is 5.75 Å². The Morgan fingerprint density at radius 3 is 2.90 bits per heavy atom. The van der Waals surface area contributed by atoms with Crippen LogP contribution in [0.4, 0.5) is 5.69 Å². The monoisotopic (exact) mass is 277 g/mol. The Hall–Kier alpha value is -1.26. The third kappa shape index (κ3) is 3.25. The van der Waals surface area contributed by atoms with E-state index in [2.05, 4.69) is 35.9 Å². The summed E-state index contributed by atoms with van der Waals surface area (Å²) >= 11 is 0. The first-order valence-corrected chi connectivity index (χ1v) is 7.51. The van der Waals surface area contributed by atoms with Crippen LogP contribution in [0.1, 0.15) is 25.3 Å². The lowest BCUT2D eigenvalue weighted by molar-refractivity contribution is 0.270. The molecule has 0 radical (unpaired) electrons. The van der Waals surface area contributed by atoms with Crippen molar-refractivity contribution in [1.29, 1.82) is 0 Å². The van der Waals surface area contributed by atoms with Gasteiger partial charge < -0.3 is 15.4 Å². The first-order valence-electron chi connectivity index (χ1n) is 7.51. The van der Waals surface area contributed by atoms with Crippen molar-refractivity contribution in [3.63, 3.8) is 0 Å². The lowest BCUT2D eigenvalue weighted by atomic mass is 10.1. The highest BCUT2D eigenvalue weighted by atomic mass is 16.5. The van der Waals surface area contributed by atoms with Crippen LogP contribution in [0.25, 0.3) is 0 Å². The van der Waals surface area contributed by atoms with E-state index in [9.17, 15) is 0 Å². The number of ether oxygens (including phenoxy) is 1.